The zero-order valence-corrected chi connectivity index (χ0v) is 12.9. The molecule has 0 aliphatic carbocycles. The second-order valence-corrected chi connectivity index (χ2v) is 5.44. The quantitative estimate of drug-likeness (QED) is 0.854. The highest BCUT2D eigenvalue weighted by molar-refractivity contribution is 6.31. The van der Waals surface area contributed by atoms with Gasteiger partial charge in [0.25, 0.3) is 0 Å². The average molecular weight is 306 g/mol. The van der Waals surface area contributed by atoms with E-state index in [2.05, 4.69) is 14.9 Å². The smallest absolute Gasteiger partial charge is 0.0727 e. The van der Waals surface area contributed by atoms with Crippen LogP contribution < -0.4 is 0 Å². The normalized spacial score (nSPS) is 11.0. The molecule has 1 heterocycles. The molecule has 2 rings (SSSR count). The van der Waals surface area contributed by atoms with Gasteiger partial charge in [-0.25, -0.2) is 0 Å². The molecule has 0 unspecified atom stereocenters. The van der Waals surface area contributed by atoms with E-state index in [-0.39, 0.29) is 6.61 Å². The number of aryl methyl sites for hydroxylation is 1. The highest BCUT2D eigenvalue weighted by Crippen LogP contribution is 2.18. The minimum absolute atomic E-state index is 0.179. The molecule has 4 nitrogen and oxygen atoms in total. The molecule has 0 amide bonds. The number of benzene rings is 1. The van der Waals surface area contributed by atoms with Gasteiger partial charge in [0, 0.05) is 43.7 Å². The van der Waals surface area contributed by atoms with Crippen LogP contribution in [-0.4, -0.2) is 33.1 Å². The fraction of sp³-hybridized carbons (Fsp3) is 0.375. The maximum absolute atomic E-state index is 9.06. The van der Waals surface area contributed by atoms with E-state index in [0.717, 1.165) is 41.5 Å². The van der Waals surface area contributed by atoms with Gasteiger partial charge in [-0.3, -0.25) is 14.9 Å². The van der Waals surface area contributed by atoms with Gasteiger partial charge in [0.1, 0.15) is 0 Å². The zero-order chi connectivity index (χ0) is 15.1. The van der Waals surface area contributed by atoms with E-state index in [1.54, 1.807) is 12.4 Å². The van der Waals surface area contributed by atoms with Crippen LogP contribution in [-0.2, 0) is 13.1 Å². The van der Waals surface area contributed by atoms with Crippen molar-refractivity contribution in [3.05, 3.63) is 58.6 Å². The van der Waals surface area contributed by atoms with Gasteiger partial charge in [0.2, 0.25) is 0 Å². The van der Waals surface area contributed by atoms with Gasteiger partial charge in [-0.2, -0.15) is 0 Å². The molecule has 2 aromatic rings. The van der Waals surface area contributed by atoms with E-state index in [1.807, 2.05) is 31.2 Å². The number of rotatable bonds is 7. The molecule has 0 saturated heterocycles. The Morgan fingerprint density at radius 2 is 1.95 bits per heavy atom. The Labute approximate surface area is 130 Å². The Balaban J connectivity index is 2.07. The summed E-state index contributed by atoms with van der Waals surface area (Å²) in [6.07, 6.45) is 4.30. The van der Waals surface area contributed by atoms with Crippen LogP contribution in [0.4, 0.5) is 0 Å². The molecule has 112 valence electrons. The molecular formula is C16H20ClN3O. The molecule has 0 fully saturated rings. The van der Waals surface area contributed by atoms with Gasteiger partial charge in [0.05, 0.1) is 11.4 Å². The number of aliphatic hydroxyl groups excluding tert-OH is 1. The summed E-state index contributed by atoms with van der Waals surface area (Å²) in [5.74, 6) is 0. The van der Waals surface area contributed by atoms with Gasteiger partial charge in [-0.15, -0.1) is 0 Å². The van der Waals surface area contributed by atoms with Crippen LogP contribution in [0.2, 0.25) is 5.02 Å². The van der Waals surface area contributed by atoms with Crippen LogP contribution >= 0.6 is 11.6 Å². The molecule has 0 aliphatic rings. The van der Waals surface area contributed by atoms with E-state index in [4.69, 9.17) is 16.7 Å². The summed E-state index contributed by atoms with van der Waals surface area (Å²) in [5, 5.41) is 9.82. The Morgan fingerprint density at radius 3 is 2.62 bits per heavy atom. The van der Waals surface area contributed by atoms with Gasteiger partial charge in [-0.1, -0.05) is 29.8 Å². The molecule has 1 aromatic carbocycles. The first-order valence-electron chi connectivity index (χ1n) is 7.03. The summed E-state index contributed by atoms with van der Waals surface area (Å²) >= 11 is 6.22. The second kappa shape index (κ2) is 8.08. The summed E-state index contributed by atoms with van der Waals surface area (Å²) in [4.78, 5) is 10.9. The summed E-state index contributed by atoms with van der Waals surface area (Å²) in [7, 11) is 0. The van der Waals surface area contributed by atoms with Crippen molar-refractivity contribution in [3.63, 3.8) is 0 Å². The first-order valence-corrected chi connectivity index (χ1v) is 7.41. The topological polar surface area (TPSA) is 49.2 Å². The van der Waals surface area contributed by atoms with Crippen LogP contribution in [0.1, 0.15) is 23.4 Å². The second-order valence-electron chi connectivity index (χ2n) is 5.03. The Bertz CT molecular complexity index is 560. The molecule has 0 bridgehead atoms. The first-order chi connectivity index (χ1) is 10.2. The molecule has 21 heavy (non-hydrogen) atoms. The third kappa shape index (κ3) is 5.08. The van der Waals surface area contributed by atoms with E-state index in [0.29, 0.717) is 6.54 Å². The summed E-state index contributed by atoms with van der Waals surface area (Å²) < 4.78 is 0. The molecule has 0 aliphatic heterocycles. The lowest BCUT2D eigenvalue weighted by molar-refractivity contribution is 0.211. The van der Waals surface area contributed by atoms with Gasteiger partial charge in [-0.05, 0) is 25.0 Å². The molecule has 0 spiro atoms. The number of nitrogens with zero attached hydrogens (tertiary/aromatic N) is 3. The summed E-state index contributed by atoms with van der Waals surface area (Å²) in [6, 6.07) is 7.83. The fourth-order valence-electron chi connectivity index (χ4n) is 2.11. The highest BCUT2D eigenvalue weighted by atomic mass is 35.5. The van der Waals surface area contributed by atoms with Crippen LogP contribution in [0, 0.1) is 6.92 Å². The molecular weight excluding hydrogens is 286 g/mol. The largest absolute Gasteiger partial charge is 0.396 e. The summed E-state index contributed by atoms with van der Waals surface area (Å²) in [5.41, 5.74) is 2.91. The monoisotopic (exact) mass is 305 g/mol. The Morgan fingerprint density at radius 1 is 1.14 bits per heavy atom. The first kappa shape index (κ1) is 15.9. The highest BCUT2D eigenvalue weighted by Gasteiger charge is 2.10. The number of aromatic nitrogens is 2. The van der Waals surface area contributed by atoms with Gasteiger partial charge in [0.15, 0.2) is 0 Å². The molecule has 0 radical (unpaired) electrons. The number of hydrogen-bond acceptors (Lipinski definition) is 4. The van der Waals surface area contributed by atoms with Crippen molar-refractivity contribution < 1.29 is 5.11 Å². The van der Waals surface area contributed by atoms with Gasteiger partial charge < -0.3 is 5.11 Å². The van der Waals surface area contributed by atoms with Crippen molar-refractivity contribution in [2.24, 2.45) is 0 Å². The average Bonchev–Trinajstić information content (AvgIpc) is 2.49. The summed E-state index contributed by atoms with van der Waals surface area (Å²) in [6.45, 7) is 4.31. The van der Waals surface area contributed by atoms with Crippen molar-refractivity contribution >= 4 is 11.6 Å². The minimum atomic E-state index is 0.179. The zero-order valence-electron chi connectivity index (χ0n) is 12.2. The number of aliphatic hydroxyl groups is 1. The van der Waals surface area contributed by atoms with Crippen LogP contribution in [0.3, 0.4) is 0 Å². The van der Waals surface area contributed by atoms with Crippen molar-refractivity contribution in [2.75, 3.05) is 13.2 Å². The maximum Gasteiger partial charge on any atom is 0.0727 e. The van der Waals surface area contributed by atoms with E-state index in [1.165, 1.54) is 0 Å². The lowest BCUT2D eigenvalue weighted by Crippen LogP contribution is -2.25. The third-order valence-corrected chi connectivity index (χ3v) is 3.57. The maximum atomic E-state index is 9.06. The molecule has 1 aromatic heterocycles. The molecule has 0 atom stereocenters. The third-order valence-electron chi connectivity index (χ3n) is 3.20. The predicted molar refractivity (Wildman–Crippen MR) is 84.0 cm³/mol. The predicted octanol–water partition coefficient (Wildman–Crippen LogP) is 2.82. The molecule has 0 saturated carbocycles. The number of halogens is 1. The van der Waals surface area contributed by atoms with E-state index < -0.39 is 0 Å². The van der Waals surface area contributed by atoms with E-state index in [9.17, 15) is 0 Å². The van der Waals surface area contributed by atoms with Crippen LogP contribution in [0.25, 0.3) is 0 Å². The molecule has 1 N–H and O–H groups in total. The fourth-order valence-corrected chi connectivity index (χ4v) is 2.30. The van der Waals surface area contributed by atoms with Crippen molar-refractivity contribution in [1.29, 1.82) is 0 Å². The van der Waals surface area contributed by atoms with Crippen LogP contribution in [0.15, 0.2) is 36.7 Å². The number of hydrogen-bond donors (Lipinski definition) is 1. The Kier molecular flexibility index (Phi) is 6.11. The van der Waals surface area contributed by atoms with Crippen LogP contribution in [0.5, 0.6) is 0 Å². The van der Waals surface area contributed by atoms with E-state index >= 15 is 0 Å². The SMILES string of the molecule is Cc1cnc(CN(CCCO)Cc2ccccc2Cl)cn1. The molecule has 5 heteroatoms. The van der Waals surface area contributed by atoms with Crippen molar-refractivity contribution in [2.45, 2.75) is 26.4 Å². The van der Waals surface area contributed by atoms with Crippen molar-refractivity contribution in [1.82, 2.24) is 14.9 Å². The Hall–Kier alpha value is -1.49. The van der Waals surface area contributed by atoms with Crippen molar-refractivity contribution in [3.8, 4) is 0 Å². The lowest BCUT2D eigenvalue weighted by atomic mass is 10.2. The van der Waals surface area contributed by atoms with Gasteiger partial charge >= 0.3 is 0 Å². The lowest BCUT2D eigenvalue weighted by Gasteiger charge is -2.22. The standard InChI is InChI=1S/C16H20ClN3O/c1-13-9-19-15(10-18-13)12-20(7-4-8-21)11-14-5-2-3-6-16(14)17/h2-3,5-6,9-10,21H,4,7-8,11-12H2,1H3. The minimum Gasteiger partial charge on any atom is -0.396 e.